The number of methoxy groups -OCH3 is 1. The number of ether oxygens (including phenoxy) is 2. The van der Waals surface area contributed by atoms with Crippen molar-refractivity contribution >= 4 is 5.57 Å². The summed E-state index contributed by atoms with van der Waals surface area (Å²) in [5, 5.41) is 0. The van der Waals surface area contributed by atoms with Crippen molar-refractivity contribution < 1.29 is 31.4 Å². The first-order chi connectivity index (χ1) is 13.3. The molecule has 2 aliphatic carbocycles. The van der Waals surface area contributed by atoms with E-state index >= 15 is 0 Å². The highest BCUT2D eigenvalue weighted by molar-refractivity contribution is 5.67. The van der Waals surface area contributed by atoms with Gasteiger partial charge < -0.3 is 9.47 Å². The van der Waals surface area contributed by atoms with Crippen molar-refractivity contribution in [2.45, 2.75) is 51.3 Å². The quantitative estimate of drug-likeness (QED) is 0.522. The SMILES string of the molecule is COC[C@H]1CC[C@H](C2CC=C(c3cc(F)c(OC(F)(F)F)c(F)c3)CC2)CC1. The number of allylic oxidation sites excluding steroid dienone is 2. The van der Waals surface area contributed by atoms with Gasteiger partial charge in [0.2, 0.25) is 5.75 Å². The van der Waals surface area contributed by atoms with E-state index in [1.54, 1.807) is 7.11 Å². The molecular formula is C21H25F5O2. The van der Waals surface area contributed by atoms with Gasteiger partial charge in [0, 0.05) is 13.7 Å². The summed E-state index contributed by atoms with van der Waals surface area (Å²) in [6.45, 7) is 0.812. The van der Waals surface area contributed by atoms with E-state index in [1.165, 1.54) is 25.7 Å². The van der Waals surface area contributed by atoms with Gasteiger partial charge in [0.25, 0.3) is 0 Å². The minimum Gasteiger partial charge on any atom is -0.399 e. The lowest BCUT2D eigenvalue weighted by molar-refractivity contribution is -0.276. The number of hydrogen-bond acceptors (Lipinski definition) is 2. The third kappa shape index (κ3) is 5.25. The fourth-order valence-electron chi connectivity index (χ4n) is 4.57. The van der Waals surface area contributed by atoms with Crippen molar-refractivity contribution in [2.24, 2.45) is 17.8 Å². The molecule has 7 heteroatoms. The molecule has 156 valence electrons. The van der Waals surface area contributed by atoms with Crippen LogP contribution in [0, 0.1) is 29.4 Å². The van der Waals surface area contributed by atoms with Crippen molar-refractivity contribution in [3.05, 3.63) is 35.4 Å². The maximum Gasteiger partial charge on any atom is 0.573 e. The highest BCUT2D eigenvalue weighted by atomic mass is 19.4. The Morgan fingerprint density at radius 2 is 1.61 bits per heavy atom. The summed E-state index contributed by atoms with van der Waals surface area (Å²) in [6, 6.07) is 1.85. The van der Waals surface area contributed by atoms with Crippen molar-refractivity contribution in [1.29, 1.82) is 0 Å². The lowest BCUT2D eigenvalue weighted by atomic mass is 9.71. The van der Waals surface area contributed by atoms with E-state index in [-0.39, 0.29) is 5.56 Å². The summed E-state index contributed by atoms with van der Waals surface area (Å²) in [5.74, 6) is -2.24. The molecule has 2 aliphatic rings. The van der Waals surface area contributed by atoms with E-state index < -0.39 is 23.7 Å². The normalized spacial score (nSPS) is 26.1. The van der Waals surface area contributed by atoms with Crippen LogP contribution in [-0.2, 0) is 4.74 Å². The molecule has 0 bridgehead atoms. The van der Waals surface area contributed by atoms with Gasteiger partial charge in [0.05, 0.1) is 0 Å². The topological polar surface area (TPSA) is 18.5 Å². The Morgan fingerprint density at radius 1 is 0.964 bits per heavy atom. The largest absolute Gasteiger partial charge is 0.573 e. The Hall–Kier alpha value is -1.63. The van der Waals surface area contributed by atoms with Crippen LogP contribution in [0.3, 0.4) is 0 Å². The molecular weight excluding hydrogens is 379 g/mol. The molecule has 1 unspecified atom stereocenters. The van der Waals surface area contributed by atoms with Gasteiger partial charge in [-0.1, -0.05) is 6.08 Å². The Bertz CT molecular complexity index is 682. The average molecular weight is 404 g/mol. The fourth-order valence-corrected chi connectivity index (χ4v) is 4.57. The lowest BCUT2D eigenvalue weighted by Crippen LogP contribution is -2.24. The molecule has 2 nitrogen and oxygen atoms in total. The second kappa shape index (κ2) is 8.80. The first-order valence-electron chi connectivity index (χ1n) is 9.70. The minimum atomic E-state index is -5.14. The molecule has 0 heterocycles. The molecule has 0 radical (unpaired) electrons. The van der Waals surface area contributed by atoms with Crippen LogP contribution in [0.5, 0.6) is 5.75 Å². The first kappa shape index (κ1) is 21.1. The molecule has 3 rings (SSSR count). The van der Waals surface area contributed by atoms with Gasteiger partial charge in [0.15, 0.2) is 11.6 Å². The summed E-state index contributed by atoms with van der Waals surface area (Å²) >= 11 is 0. The van der Waals surface area contributed by atoms with Crippen LogP contribution in [0.1, 0.15) is 50.5 Å². The van der Waals surface area contributed by atoms with Gasteiger partial charge in [-0.25, -0.2) is 8.78 Å². The van der Waals surface area contributed by atoms with Gasteiger partial charge in [-0.15, -0.1) is 13.2 Å². The molecule has 1 atom stereocenters. The monoisotopic (exact) mass is 404 g/mol. The fraction of sp³-hybridized carbons (Fsp3) is 0.619. The van der Waals surface area contributed by atoms with Crippen LogP contribution < -0.4 is 4.74 Å². The predicted molar refractivity (Wildman–Crippen MR) is 95.7 cm³/mol. The van der Waals surface area contributed by atoms with E-state index in [0.29, 0.717) is 24.2 Å². The Labute approximate surface area is 161 Å². The molecule has 1 fully saturated rings. The van der Waals surface area contributed by atoms with E-state index in [1.807, 2.05) is 6.08 Å². The summed E-state index contributed by atoms with van der Waals surface area (Å²) in [4.78, 5) is 0. The predicted octanol–water partition coefficient (Wildman–Crippen LogP) is 6.50. The molecule has 0 saturated heterocycles. The van der Waals surface area contributed by atoms with Crippen LogP contribution in [0.15, 0.2) is 18.2 Å². The molecule has 0 aromatic heterocycles. The average Bonchev–Trinajstić information content (AvgIpc) is 2.65. The first-order valence-corrected chi connectivity index (χ1v) is 9.70. The van der Waals surface area contributed by atoms with Gasteiger partial charge in [0.1, 0.15) is 0 Å². The van der Waals surface area contributed by atoms with Crippen molar-refractivity contribution in [1.82, 2.24) is 0 Å². The van der Waals surface area contributed by atoms with Gasteiger partial charge in [-0.05, 0) is 86.0 Å². The van der Waals surface area contributed by atoms with Crippen molar-refractivity contribution in [3.63, 3.8) is 0 Å². The van der Waals surface area contributed by atoms with E-state index in [9.17, 15) is 22.0 Å². The van der Waals surface area contributed by atoms with Crippen LogP contribution in [0.25, 0.3) is 5.57 Å². The molecule has 0 amide bonds. The van der Waals surface area contributed by atoms with Crippen LogP contribution >= 0.6 is 0 Å². The van der Waals surface area contributed by atoms with E-state index in [4.69, 9.17) is 4.74 Å². The van der Waals surface area contributed by atoms with Crippen molar-refractivity contribution in [3.8, 4) is 5.75 Å². The maximum atomic E-state index is 14.0. The number of halogens is 5. The molecule has 28 heavy (non-hydrogen) atoms. The number of benzene rings is 1. The number of alkyl halides is 3. The zero-order chi connectivity index (χ0) is 20.3. The van der Waals surface area contributed by atoms with E-state index in [2.05, 4.69) is 4.74 Å². The lowest BCUT2D eigenvalue weighted by Gasteiger charge is -2.35. The molecule has 1 aromatic rings. The summed E-state index contributed by atoms with van der Waals surface area (Å²) in [5.41, 5.74) is 1.06. The standard InChI is InChI=1S/C21H25F5O2/c1-27-12-13-2-4-14(5-3-13)15-6-8-16(9-7-15)17-10-18(22)20(19(23)11-17)28-21(24,25)26/h8,10-11,13-15H,2-7,9,12H2,1H3/t13-,14-,15?. The van der Waals surface area contributed by atoms with Gasteiger partial charge in [-0.3, -0.25) is 0 Å². The highest BCUT2D eigenvalue weighted by Gasteiger charge is 2.34. The molecule has 1 saturated carbocycles. The molecule has 0 spiro atoms. The minimum absolute atomic E-state index is 0.284. The Balaban J connectivity index is 1.63. The van der Waals surface area contributed by atoms with E-state index in [0.717, 1.165) is 37.2 Å². The molecule has 0 aliphatic heterocycles. The van der Waals surface area contributed by atoms with Crippen molar-refractivity contribution in [2.75, 3.05) is 13.7 Å². The van der Waals surface area contributed by atoms with Gasteiger partial charge in [-0.2, -0.15) is 0 Å². The summed E-state index contributed by atoms with van der Waals surface area (Å²) in [7, 11) is 1.73. The van der Waals surface area contributed by atoms with Crippen LogP contribution in [0.2, 0.25) is 0 Å². The summed E-state index contributed by atoms with van der Waals surface area (Å²) in [6.07, 6.45) is 3.96. The Kier molecular flexibility index (Phi) is 6.63. The zero-order valence-corrected chi connectivity index (χ0v) is 15.8. The Morgan fingerprint density at radius 3 is 2.11 bits per heavy atom. The van der Waals surface area contributed by atoms with Crippen LogP contribution in [-0.4, -0.2) is 20.1 Å². The molecule has 0 N–H and O–H groups in total. The number of rotatable bonds is 5. The maximum absolute atomic E-state index is 14.0. The van der Waals surface area contributed by atoms with Gasteiger partial charge >= 0.3 is 6.36 Å². The number of hydrogen-bond donors (Lipinski definition) is 0. The third-order valence-corrected chi connectivity index (χ3v) is 6.00. The molecule has 1 aromatic carbocycles. The smallest absolute Gasteiger partial charge is 0.399 e. The summed E-state index contributed by atoms with van der Waals surface area (Å²) < 4.78 is 73.4. The third-order valence-electron chi connectivity index (χ3n) is 6.00. The second-order valence-corrected chi connectivity index (χ2v) is 7.82. The second-order valence-electron chi connectivity index (χ2n) is 7.82. The highest BCUT2D eigenvalue weighted by Crippen LogP contribution is 2.42. The zero-order valence-electron chi connectivity index (χ0n) is 15.8. The van der Waals surface area contributed by atoms with Crippen LogP contribution in [0.4, 0.5) is 22.0 Å².